The molecule has 1 aromatic carbocycles. The number of aromatic nitrogens is 2. The SMILES string of the molecule is CC(C)(C)OC(=O)N1Cc2ccc(CNc3nc(C4CC4)ns3)cc2C1. The smallest absolute Gasteiger partial charge is 0.410 e. The molecule has 1 aliphatic heterocycles. The van der Waals surface area contributed by atoms with Gasteiger partial charge in [-0.15, -0.1) is 0 Å². The van der Waals surface area contributed by atoms with Crippen LogP contribution in [0, 0.1) is 0 Å². The molecule has 1 saturated carbocycles. The van der Waals surface area contributed by atoms with Crippen LogP contribution in [-0.4, -0.2) is 26.0 Å². The van der Waals surface area contributed by atoms with E-state index in [-0.39, 0.29) is 6.09 Å². The number of anilines is 1. The third-order valence-electron chi connectivity index (χ3n) is 4.47. The van der Waals surface area contributed by atoms with Crippen molar-refractivity contribution >= 4 is 22.8 Å². The molecule has 1 N–H and O–H groups in total. The van der Waals surface area contributed by atoms with Gasteiger partial charge in [0.25, 0.3) is 0 Å². The summed E-state index contributed by atoms with van der Waals surface area (Å²) in [5.41, 5.74) is 3.08. The summed E-state index contributed by atoms with van der Waals surface area (Å²) in [6.45, 7) is 7.58. The first-order chi connectivity index (χ1) is 12.4. The van der Waals surface area contributed by atoms with Crippen LogP contribution in [0.25, 0.3) is 0 Å². The zero-order valence-electron chi connectivity index (χ0n) is 15.4. The van der Waals surface area contributed by atoms with Gasteiger partial charge in [-0.1, -0.05) is 18.2 Å². The number of amides is 1. The van der Waals surface area contributed by atoms with E-state index in [2.05, 4.69) is 32.9 Å². The van der Waals surface area contributed by atoms with Crippen LogP contribution >= 0.6 is 11.5 Å². The summed E-state index contributed by atoms with van der Waals surface area (Å²) in [4.78, 5) is 18.6. The van der Waals surface area contributed by atoms with Crippen molar-refractivity contribution in [2.45, 2.75) is 64.8 Å². The minimum absolute atomic E-state index is 0.255. The van der Waals surface area contributed by atoms with Gasteiger partial charge in [0.05, 0.1) is 0 Å². The van der Waals surface area contributed by atoms with Crippen LogP contribution in [0.3, 0.4) is 0 Å². The molecule has 138 valence electrons. The van der Waals surface area contributed by atoms with Crippen molar-refractivity contribution in [3.05, 3.63) is 40.7 Å². The maximum atomic E-state index is 12.3. The van der Waals surface area contributed by atoms with Crippen LogP contribution in [0.1, 0.15) is 62.0 Å². The Bertz CT molecular complexity index is 823. The Morgan fingerprint density at radius 1 is 1.31 bits per heavy atom. The van der Waals surface area contributed by atoms with Crippen LogP contribution in [0.5, 0.6) is 0 Å². The van der Waals surface area contributed by atoms with E-state index in [9.17, 15) is 4.79 Å². The van der Waals surface area contributed by atoms with Gasteiger partial charge in [-0.05, 0) is 50.3 Å². The quantitative estimate of drug-likeness (QED) is 0.868. The number of ether oxygens (including phenoxy) is 1. The standard InChI is InChI=1S/C19H24N4O2S/c1-19(2,3)25-18(24)23-10-14-5-4-12(8-15(14)11-23)9-20-17-21-16(22-26-17)13-6-7-13/h4-5,8,13H,6-7,9-11H2,1-3H3,(H,20,21,22). The molecule has 26 heavy (non-hydrogen) atoms. The molecule has 1 aromatic heterocycles. The van der Waals surface area contributed by atoms with Crippen molar-refractivity contribution in [3.8, 4) is 0 Å². The van der Waals surface area contributed by atoms with Gasteiger partial charge in [-0.2, -0.15) is 4.37 Å². The van der Waals surface area contributed by atoms with E-state index < -0.39 is 5.60 Å². The van der Waals surface area contributed by atoms with Crippen molar-refractivity contribution < 1.29 is 9.53 Å². The van der Waals surface area contributed by atoms with E-state index in [1.807, 2.05) is 20.8 Å². The summed E-state index contributed by atoms with van der Waals surface area (Å²) in [6, 6.07) is 6.37. The molecule has 0 unspecified atom stereocenters. The monoisotopic (exact) mass is 372 g/mol. The maximum Gasteiger partial charge on any atom is 0.410 e. The minimum atomic E-state index is -0.470. The summed E-state index contributed by atoms with van der Waals surface area (Å²) in [7, 11) is 0. The fourth-order valence-corrected chi connectivity index (χ4v) is 3.65. The third kappa shape index (κ3) is 3.98. The Hall–Kier alpha value is -2.15. The number of nitrogens with zero attached hydrogens (tertiary/aromatic N) is 3. The molecule has 6 nitrogen and oxygen atoms in total. The summed E-state index contributed by atoms with van der Waals surface area (Å²) < 4.78 is 9.89. The van der Waals surface area contributed by atoms with Crippen LogP contribution in [0.2, 0.25) is 0 Å². The summed E-state index contributed by atoms with van der Waals surface area (Å²) in [5, 5.41) is 4.24. The van der Waals surface area contributed by atoms with E-state index in [0.29, 0.717) is 25.6 Å². The van der Waals surface area contributed by atoms with Crippen LogP contribution in [-0.2, 0) is 24.4 Å². The molecule has 1 amide bonds. The Balaban J connectivity index is 1.36. The number of rotatable bonds is 4. The number of carbonyl (C=O) groups is 1. The first kappa shape index (κ1) is 17.3. The molecular formula is C19H24N4O2S. The van der Waals surface area contributed by atoms with Gasteiger partial charge in [0.2, 0.25) is 5.13 Å². The van der Waals surface area contributed by atoms with Crippen molar-refractivity contribution in [2.75, 3.05) is 5.32 Å². The van der Waals surface area contributed by atoms with Gasteiger partial charge >= 0.3 is 6.09 Å². The Morgan fingerprint density at radius 2 is 2.08 bits per heavy atom. The number of hydrogen-bond donors (Lipinski definition) is 1. The number of benzene rings is 1. The molecule has 0 saturated heterocycles. The molecule has 0 spiro atoms. The fourth-order valence-electron chi connectivity index (χ4n) is 3.01. The average molecular weight is 372 g/mol. The largest absolute Gasteiger partial charge is 0.444 e. The Labute approximate surface area is 157 Å². The second-order valence-electron chi connectivity index (χ2n) is 8.03. The fraction of sp³-hybridized carbons (Fsp3) is 0.526. The lowest BCUT2D eigenvalue weighted by molar-refractivity contribution is 0.0242. The molecule has 2 heterocycles. The second-order valence-corrected chi connectivity index (χ2v) is 8.78. The molecule has 1 fully saturated rings. The van der Waals surface area contributed by atoms with Gasteiger partial charge in [0, 0.05) is 37.1 Å². The Kier molecular flexibility index (Phi) is 4.34. The Morgan fingerprint density at radius 3 is 2.81 bits per heavy atom. The highest BCUT2D eigenvalue weighted by atomic mass is 32.1. The van der Waals surface area contributed by atoms with E-state index >= 15 is 0 Å². The number of carbonyl (C=O) groups excluding carboxylic acids is 1. The topological polar surface area (TPSA) is 67.3 Å². The van der Waals surface area contributed by atoms with Crippen molar-refractivity contribution in [1.29, 1.82) is 0 Å². The highest BCUT2D eigenvalue weighted by Crippen LogP contribution is 2.39. The predicted octanol–water partition coefficient (Wildman–Crippen LogP) is 4.28. The number of hydrogen-bond acceptors (Lipinski definition) is 6. The molecule has 2 aliphatic rings. The van der Waals surface area contributed by atoms with E-state index in [0.717, 1.165) is 11.0 Å². The highest BCUT2D eigenvalue weighted by molar-refractivity contribution is 7.09. The van der Waals surface area contributed by atoms with Gasteiger partial charge in [0.15, 0.2) is 0 Å². The first-order valence-corrected chi connectivity index (χ1v) is 9.81. The van der Waals surface area contributed by atoms with Gasteiger partial charge in [0.1, 0.15) is 11.4 Å². The summed E-state index contributed by atoms with van der Waals surface area (Å²) in [6.07, 6.45) is 2.18. The maximum absolute atomic E-state index is 12.3. The molecule has 2 aromatic rings. The minimum Gasteiger partial charge on any atom is -0.444 e. The molecule has 7 heteroatoms. The van der Waals surface area contributed by atoms with Crippen molar-refractivity contribution in [1.82, 2.24) is 14.3 Å². The van der Waals surface area contributed by atoms with Gasteiger partial charge in [-0.25, -0.2) is 9.78 Å². The van der Waals surface area contributed by atoms with Crippen LogP contribution < -0.4 is 5.32 Å². The molecule has 1 aliphatic carbocycles. The van der Waals surface area contributed by atoms with E-state index in [1.54, 1.807) is 4.90 Å². The lowest BCUT2D eigenvalue weighted by Gasteiger charge is -2.24. The molecule has 0 bridgehead atoms. The normalized spacial score (nSPS) is 16.5. The second kappa shape index (κ2) is 6.54. The van der Waals surface area contributed by atoms with Crippen LogP contribution in [0.4, 0.5) is 9.93 Å². The number of nitrogens with one attached hydrogen (secondary N) is 1. The average Bonchev–Trinajstić information content (AvgIpc) is 3.16. The summed E-state index contributed by atoms with van der Waals surface area (Å²) >= 11 is 1.43. The lowest BCUT2D eigenvalue weighted by atomic mass is 10.1. The predicted molar refractivity (Wildman–Crippen MR) is 101 cm³/mol. The zero-order chi connectivity index (χ0) is 18.3. The van der Waals surface area contributed by atoms with Crippen molar-refractivity contribution in [3.63, 3.8) is 0 Å². The van der Waals surface area contributed by atoms with Gasteiger partial charge < -0.3 is 10.1 Å². The first-order valence-electron chi connectivity index (χ1n) is 9.03. The molecule has 0 atom stereocenters. The zero-order valence-corrected chi connectivity index (χ0v) is 16.2. The lowest BCUT2D eigenvalue weighted by Crippen LogP contribution is -2.33. The van der Waals surface area contributed by atoms with E-state index in [4.69, 9.17) is 4.74 Å². The molecular weight excluding hydrogens is 348 g/mol. The van der Waals surface area contributed by atoms with Gasteiger partial charge in [-0.3, -0.25) is 4.90 Å². The summed E-state index contributed by atoms with van der Waals surface area (Å²) in [5.74, 6) is 1.57. The highest BCUT2D eigenvalue weighted by Gasteiger charge is 2.28. The van der Waals surface area contributed by atoms with E-state index in [1.165, 1.54) is 41.1 Å². The third-order valence-corrected chi connectivity index (χ3v) is 5.16. The van der Waals surface area contributed by atoms with Crippen molar-refractivity contribution in [2.24, 2.45) is 0 Å². The number of fused-ring (bicyclic) bond motifs is 1. The molecule has 0 radical (unpaired) electrons. The van der Waals surface area contributed by atoms with Crippen LogP contribution in [0.15, 0.2) is 18.2 Å². The molecule has 4 rings (SSSR count).